The van der Waals surface area contributed by atoms with E-state index in [2.05, 4.69) is 39.2 Å². The van der Waals surface area contributed by atoms with E-state index in [9.17, 15) is 18.8 Å². The standard InChI is InChI=1S/C29H48ClFN4O5Si/c1-28(2,3)40-27(38)35-17-15-34(16-18-35)24(36)14-13-22(20-39-41(8,9)29(4,5)6)33(7)26(37)32-19-21-11-10-12-23(31)25(21)30/h10-12,22H,13-20H2,1-9H3,(H,32,37)/t22-/m0/s1. The molecule has 1 aliphatic heterocycles. The van der Waals surface area contributed by atoms with Gasteiger partial charge >= 0.3 is 12.1 Å². The lowest BCUT2D eigenvalue weighted by Gasteiger charge is -2.39. The summed E-state index contributed by atoms with van der Waals surface area (Å²) in [5, 5.41) is 2.76. The molecule has 1 aromatic carbocycles. The first kappa shape index (κ1) is 34.8. The van der Waals surface area contributed by atoms with Gasteiger partial charge in [-0.1, -0.05) is 44.5 Å². The third-order valence-corrected chi connectivity index (χ3v) is 12.7. The van der Waals surface area contributed by atoms with Crippen LogP contribution in [0.1, 0.15) is 59.9 Å². The number of hydrogen-bond acceptors (Lipinski definition) is 5. The topological polar surface area (TPSA) is 91.4 Å². The zero-order valence-electron chi connectivity index (χ0n) is 26.1. The fourth-order valence-electron chi connectivity index (χ4n) is 3.97. The summed E-state index contributed by atoms with van der Waals surface area (Å²) in [6, 6.07) is 3.74. The molecule has 1 heterocycles. The van der Waals surface area contributed by atoms with Crippen LogP contribution in [-0.4, -0.2) is 92.5 Å². The summed E-state index contributed by atoms with van der Waals surface area (Å²) >= 11 is 6.05. The van der Waals surface area contributed by atoms with Gasteiger partial charge < -0.3 is 29.2 Å². The quantitative estimate of drug-likeness (QED) is 0.351. The zero-order valence-corrected chi connectivity index (χ0v) is 27.9. The van der Waals surface area contributed by atoms with Crippen LogP contribution in [0.15, 0.2) is 18.2 Å². The number of urea groups is 1. The number of carbonyl (C=O) groups is 3. The lowest BCUT2D eigenvalue weighted by atomic mass is 10.1. The minimum Gasteiger partial charge on any atom is -0.444 e. The van der Waals surface area contributed by atoms with Gasteiger partial charge in [0, 0.05) is 46.2 Å². The number of hydrogen-bond donors (Lipinski definition) is 1. The Bertz CT molecular complexity index is 1070. The van der Waals surface area contributed by atoms with Crippen molar-refractivity contribution in [1.29, 1.82) is 0 Å². The number of halogens is 2. The highest BCUT2D eigenvalue weighted by molar-refractivity contribution is 6.74. The molecule has 0 bridgehead atoms. The van der Waals surface area contributed by atoms with Gasteiger partial charge in [0.05, 0.1) is 17.7 Å². The summed E-state index contributed by atoms with van der Waals surface area (Å²) in [7, 11) is -0.447. The second-order valence-corrected chi connectivity index (χ2v) is 18.3. The second-order valence-electron chi connectivity index (χ2n) is 13.1. The number of benzene rings is 1. The monoisotopic (exact) mass is 614 g/mol. The van der Waals surface area contributed by atoms with Gasteiger partial charge in [-0.3, -0.25) is 4.79 Å². The van der Waals surface area contributed by atoms with E-state index in [0.717, 1.165) is 0 Å². The van der Waals surface area contributed by atoms with Crippen LogP contribution in [0.5, 0.6) is 0 Å². The molecular formula is C29H48ClFN4O5Si. The maximum absolute atomic E-state index is 13.8. The van der Waals surface area contributed by atoms with Gasteiger partial charge in [-0.2, -0.15) is 0 Å². The molecule has 232 valence electrons. The lowest BCUT2D eigenvalue weighted by Crippen LogP contribution is -2.52. The molecule has 9 nitrogen and oxygen atoms in total. The van der Waals surface area contributed by atoms with Crippen LogP contribution < -0.4 is 5.32 Å². The average Bonchev–Trinajstić information content (AvgIpc) is 2.87. The van der Waals surface area contributed by atoms with E-state index in [1.807, 2.05) is 20.8 Å². The Hall–Kier alpha value is -2.37. The highest BCUT2D eigenvalue weighted by atomic mass is 35.5. The Morgan fingerprint density at radius 3 is 2.22 bits per heavy atom. The van der Waals surface area contributed by atoms with Crippen LogP contribution in [-0.2, 0) is 20.5 Å². The summed E-state index contributed by atoms with van der Waals surface area (Å²) < 4.78 is 25.7. The van der Waals surface area contributed by atoms with E-state index < -0.39 is 19.7 Å². The Balaban J connectivity index is 2.02. The van der Waals surface area contributed by atoms with Crippen molar-refractivity contribution in [3.8, 4) is 0 Å². The first-order chi connectivity index (χ1) is 18.8. The fraction of sp³-hybridized carbons (Fsp3) is 0.690. The molecule has 0 unspecified atom stereocenters. The number of nitrogens with one attached hydrogen (secondary N) is 1. The van der Waals surface area contributed by atoms with Crippen molar-refractivity contribution in [2.45, 2.75) is 90.7 Å². The number of nitrogens with zero attached hydrogens (tertiary/aromatic N) is 3. The Morgan fingerprint density at radius 2 is 1.66 bits per heavy atom. The SMILES string of the molecule is CN(C(=O)NCc1cccc(F)c1Cl)[C@@H](CCC(=O)N1CCN(C(=O)OC(C)(C)C)CC1)CO[Si](C)(C)C(C)(C)C. The van der Waals surface area contributed by atoms with Gasteiger partial charge in [0.15, 0.2) is 8.32 Å². The third kappa shape index (κ3) is 10.4. The lowest BCUT2D eigenvalue weighted by molar-refractivity contribution is -0.133. The van der Waals surface area contributed by atoms with E-state index in [1.54, 1.807) is 33.9 Å². The molecule has 1 aromatic rings. The molecule has 1 N–H and O–H groups in total. The van der Waals surface area contributed by atoms with Crippen molar-refractivity contribution in [3.63, 3.8) is 0 Å². The normalized spacial score (nSPS) is 15.4. The van der Waals surface area contributed by atoms with Crippen LogP contribution in [0.25, 0.3) is 0 Å². The molecular weight excluding hydrogens is 567 g/mol. The molecule has 41 heavy (non-hydrogen) atoms. The maximum Gasteiger partial charge on any atom is 0.410 e. The molecule has 2 rings (SSSR count). The Kier molecular flexibility index (Phi) is 12.1. The predicted octanol–water partition coefficient (Wildman–Crippen LogP) is 5.87. The predicted molar refractivity (Wildman–Crippen MR) is 162 cm³/mol. The molecule has 1 atom stereocenters. The van der Waals surface area contributed by atoms with Crippen molar-refractivity contribution in [1.82, 2.24) is 20.0 Å². The summed E-state index contributed by atoms with van der Waals surface area (Å²) in [4.78, 5) is 43.5. The number of piperazine rings is 1. The average molecular weight is 615 g/mol. The molecule has 0 saturated carbocycles. The van der Waals surface area contributed by atoms with Gasteiger partial charge in [0.1, 0.15) is 11.4 Å². The van der Waals surface area contributed by atoms with E-state index in [0.29, 0.717) is 44.8 Å². The molecule has 0 radical (unpaired) electrons. The minimum atomic E-state index is -2.12. The highest BCUT2D eigenvalue weighted by Gasteiger charge is 2.38. The first-order valence-corrected chi connectivity index (χ1v) is 17.4. The smallest absolute Gasteiger partial charge is 0.410 e. The number of rotatable bonds is 9. The van der Waals surface area contributed by atoms with Gasteiger partial charge in [-0.05, 0) is 57.0 Å². The molecule has 0 spiro atoms. The van der Waals surface area contributed by atoms with Gasteiger partial charge in [-0.15, -0.1) is 0 Å². The maximum atomic E-state index is 13.8. The zero-order chi connectivity index (χ0) is 31.2. The van der Waals surface area contributed by atoms with Crippen molar-refractivity contribution in [2.24, 2.45) is 0 Å². The van der Waals surface area contributed by atoms with Crippen molar-refractivity contribution in [2.75, 3.05) is 39.8 Å². The molecule has 1 saturated heterocycles. The van der Waals surface area contributed by atoms with E-state index in [4.69, 9.17) is 20.8 Å². The minimum absolute atomic E-state index is 0.0177. The van der Waals surface area contributed by atoms with Gasteiger partial charge in [0.2, 0.25) is 5.91 Å². The number of amides is 4. The molecule has 4 amide bonds. The molecule has 1 aliphatic rings. The molecule has 0 aliphatic carbocycles. The number of ether oxygens (including phenoxy) is 1. The van der Waals surface area contributed by atoms with Crippen molar-refractivity contribution >= 4 is 37.9 Å². The van der Waals surface area contributed by atoms with Gasteiger partial charge in [-0.25, -0.2) is 14.0 Å². The van der Waals surface area contributed by atoms with Crippen molar-refractivity contribution in [3.05, 3.63) is 34.6 Å². The summed E-state index contributed by atoms with van der Waals surface area (Å²) in [6.07, 6.45) is 0.259. The Morgan fingerprint density at radius 1 is 1.07 bits per heavy atom. The largest absolute Gasteiger partial charge is 0.444 e. The third-order valence-electron chi connectivity index (χ3n) is 7.75. The summed E-state index contributed by atoms with van der Waals surface area (Å²) in [5.41, 5.74) is -0.101. The second kappa shape index (κ2) is 14.2. The van der Waals surface area contributed by atoms with Crippen LogP contribution in [0, 0.1) is 5.82 Å². The summed E-state index contributed by atoms with van der Waals surface area (Å²) in [5.74, 6) is -0.579. The molecule has 0 aromatic heterocycles. The highest BCUT2D eigenvalue weighted by Crippen LogP contribution is 2.36. The summed E-state index contributed by atoms with van der Waals surface area (Å²) in [6.45, 7) is 18.2. The van der Waals surface area contributed by atoms with Crippen LogP contribution in [0.2, 0.25) is 23.2 Å². The van der Waals surface area contributed by atoms with E-state index >= 15 is 0 Å². The van der Waals surface area contributed by atoms with Crippen LogP contribution in [0.3, 0.4) is 0 Å². The van der Waals surface area contributed by atoms with Crippen LogP contribution >= 0.6 is 11.6 Å². The molecule has 1 fully saturated rings. The van der Waals surface area contributed by atoms with Crippen LogP contribution in [0.4, 0.5) is 14.0 Å². The van der Waals surface area contributed by atoms with Crippen molar-refractivity contribution < 1.29 is 27.9 Å². The Labute approximate surface area is 250 Å². The number of likely N-dealkylation sites (N-methyl/N-ethyl adjacent to an activating group) is 1. The molecule has 12 heteroatoms. The number of carbonyl (C=O) groups excluding carboxylic acids is 3. The fourth-order valence-corrected chi connectivity index (χ4v) is 5.20. The van der Waals surface area contributed by atoms with E-state index in [1.165, 1.54) is 6.07 Å². The van der Waals surface area contributed by atoms with E-state index in [-0.39, 0.29) is 47.1 Å². The van der Waals surface area contributed by atoms with Gasteiger partial charge in [0.25, 0.3) is 0 Å². The first-order valence-electron chi connectivity index (χ1n) is 14.2.